The van der Waals surface area contributed by atoms with E-state index in [4.69, 9.17) is 21.1 Å². The molecule has 0 fully saturated rings. The molecule has 0 atom stereocenters. The number of methoxy groups -OCH3 is 1. The number of halogens is 1. The van der Waals surface area contributed by atoms with E-state index < -0.39 is 10.0 Å². The Morgan fingerprint density at radius 1 is 1.11 bits per heavy atom. The van der Waals surface area contributed by atoms with E-state index in [1.165, 1.54) is 23.0 Å². The van der Waals surface area contributed by atoms with E-state index in [9.17, 15) is 8.42 Å². The van der Waals surface area contributed by atoms with Crippen molar-refractivity contribution in [1.82, 2.24) is 9.78 Å². The first kappa shape index (κ1) is 19.2. The van der Waals surface area contributed by atoms with Gasteiger partial charge in [-0.15, -0.1) is 0 Å². The molecule has 0 aliphatic rings. The van der Waals surface area contributed by atoms with Crippen LogP contribution in [0.15, 0.2) is 65.8 Å². The molecule has 0 saturated heterocycles. The molecule has 0 bridgehead atoms. The van der Waals surface area contributed by atoms with Crippen LogP contribution in [0.1, 0.15) is 0 Å². The van der Waals surface area contributed by atoms with Gasteiger partial charge in [0.25, 0.3) is 10.0 Å². The molecule has 1 aromatic heterocycles. The average molecular weight is 408 g/mol. The molecule has 0 aliphatic heterocycles. The van der Waals surface area contributed by atoms with E-state index in [2.05, 4.69) is 9.82 Å². The number of ether oxygens (including phenoxy) is 2. The van der Waals surface area contributed by atoms with Crippen LogP contribution in [-0.4, -0.2) is 38.5 Å². The van der Waals surface area contributed by atoms with Crippen molar-refractivity contribution < 1.29 is 17.9 Å². The number of hydrogen-bond acceptors (Lipinski definition) is 5. The highest BCUT2D eigenvalue weighted by molar-refractivity contribution is 7.92. The standard InChI is InChI=1S/C18H18ClN3O4S/c1-25-10-11-26-15-6-8-16(9-7-15)27(23,24)21-14-12-20-22(13-14)18-5-3-2-4-17(18)19/h2-9,12-13,21H,10-11H2,1H3. The van der Waals surface area contributed by atoms with Gasteiger partial charge < -0.3 is 9.47 Å². The maximum Gasteiger partial charge on any atom is 0.261 e. The van der Waals surface area contributed by atoms with Crippen molar-refractivity contribution in [3.63, 3.8) is 0 Å². The summed E-state index contributed by atoms with van der Waals surface area (Å²) in [5.74, 6) is 0.567. The van der Waals surface area contributed by atoms with Gasteiger partial charge in [0.1, 0.15) is 12.4 Å². The number of aromatic nitrogens is 2. The van der Waals surface area contributed by atoms with Gasteiger partial charge in [-0.25, -0.2) is 13.1 Å². The third-order valence-electron chi connectivity index (χ3n) is 3.62. The zero-order chi connectivity index (χ0) is 19.3. The van der Waals surface area contributed by atoms with Gasteiger partial charge >= 0.3 is 0 Å². The minimum absolute atomic E-state index is 0.118. The number of sulfonamides is 1. The zero-order valence-corrected chi connectivity index (χ0v) is 16.1. The molecule has 9 heteroatoms. The SMILES string of the molecule is COCCOc1ccc(S(=O)(=O)Nc2cnn(-c3ccccc3Cl)c2)cc1. The van der Waals surface area contributed by atoms with E-state index in [0.717, 1.165) is 0 Å². The lowest BCUT2D eigenvalue weighted by Gasteiger charge is -2.08. The van der Waals surface area contributed by atoms with Crippen molar-refractivity contribution >= 4 is 27.3 Å². The Labute approximate surface area is 162 Å². The molecule has 3 aromatic rings. The predicted octanol–water partition coefficient (Wildman–Crippen LogP) is 3.35. The van der Waals surface area contributed by atoms with Crippen LogP contribution in [-0.2, 0) is 14.8 Å². The molecular formula is C18H18ClN3O4S. The summed E-state index contributed by atoms with van der Waals surface area (Å²) in [6.45, 7) is 0.846. The highest BCUT2D eigenvalue weighted by atomic mass is 35.5. The van der Waals surface area contributed by atoms with E-state index in [-0.39, 0.29) is 4.90 Å². The van der Waals surface area contributed by atoms with Crippen molar-refractivity contribution in [2.24, 2.45) is 0 Å². The average Bonchev–Trinajstić information content (AvgIpc) is 3.10. The summed E-state index contributed by atoms with van der Waals surface area (Å²) in [6.07, 6.45) is 2.98. The maximum atomic E-state index is 12.6. The van der Waals surface area contributed by atoms with Crippen LogP contribution in [0, 0.1) is 0 Å². The Morgan fingerprint density at radius 3 is 2.56 bits per heavy atom. The van der Waals surface area contributed by atoms with E-state index >= 15 is 0 Å². The fraction of sp³-hybridized carbons (Fsp3) is 0.167. The predicted molar refractivity (Wildman–Crippen MR) is 103 cm³/mol. The van der Waals surface area contributed by atoms with Crippen LogP contribution >= 0.6 is 11.6 Å². The smallest absolute Gasteiger partial charge is 0.261 e. The van der Waals surface area contributed by atoms with E-state index in [0.29, 0.717) is 35.4 Å². The molecule has 1 heterocycles. The van der Waals surface area contributed by atoms with Crippen LogP contribution in [0.5, 0.6) is 5.75 Å². The Kier molecular flexibility index (Phi) is 6.00. The van der Waals surface area contributed by atoms with Gasteiger partial charge in [0.05, 0.1) is 40.3 Å². The number of nitrogens with one attached hydrogen (secondary N) is 1. The number of hydrogen-bond donors (Lipinski definition) is 1. The van der Waals surface area contributed by atoms with Crippen LogP contribution in [0.3, 0.4) is 0 Å². The second kappa shape index (κ2) is 8.43. The van der Waals surface area contributed by atoms with Gasteiger partial charge in [-0.1, -0.05) is 23.7 Å². The minimum atomic E-state index is -3.75. The van der Waals surface area contributed by atoms with Crippen LogP contribution < -0.4 is 9.46 Å². The molecule has 0 aliphatic carbocycles. The van der Waals surface area contributed by atoms with Crippen molar-refractivity contribution in [2.75, 3.05) is 25.0 Å². The minimum Gasteiger partial charge on any atom is -0.491 e. The molecule has 142 valence electrons. The molecular weight excluding hydrogens is 390 g/mol. The highest BCUT2D eigenvalue weighted by Gasteiger charge is 2.16. The zero-order valence-electron chi connectivity index (χ0n) is 14.5. The molecule has 0 unspecified atom stereocenters. The molecule has 1 N–H and O–H groups in total. The summed E-state index contributed by atoms with van der Waals surface area (Å²) in [6, 6.07) is 13.3. The Bertz CT molecular complexity index is 1000. The van der Waals surface area contributed by atoms with E-state index in [1.807, 2.05) is 12.1 Å². The van der Waals surface area contributed by atoms with Crippen LogP contribution in [0.25, 0.3) is 5.69 Å². The Morgan fingerprint density at radius 2 is 1.85 bits per heavy atom. The maximum absolute atomic E-state index is 12.6. The highest BCUT2D eigenvalue weighted by Crippen LogP contribution is 2.22. The summed E-state index contributed by atoms with van der Waals surface area (Å²) in [5.41, 5.74) is 0.984. The van der Waals surface area contributed by atoms with Crippen molar-refractivity contribution in [3.8, 4) is 11.4 Å². The van der Waals surface area contributed by atoms with Gasteiger partial charge in [0.2, 0.25) is 0 Å². The number of anilines is 1. The normalized spacial score (nSPS) is 11.3. The summed E-state index contributed by atoms with van der Waals surface area (Å²) in [4.78, 5) is 0.118. The fourth-order valence-electron chi connectivity index (χ4n) is 2.32. The summed E-state index contributed by atoms with van der Waals surface area (Å²) in [5, 5.41) is 4.67. The second-order valence-corrected chi connectivity index (χ2v) is 7.63. The lowest BCUT2D eigenvalue weighted by atomic mass is 10.3. The lowest BCUT2D eigenvalue weighted by Crippen LogP contribution is -2.12. The van der Waals surface area contributed by atoms with Crippen LogP contribution in [0.2, 0.25) is 5.02 Å². The summed E-state index contributed by atoms with van der Waals surface area (Å²) in [7, 11) is -2.17. The van der Waals surface area contributed by atoms with Crippen molar-refractivity contribution in [3.05, 3.63) is 65.9 Å². The Balaban J connectivity index is 1.72. The van der Waals surface area contributed by atoms with Crippen LogP contribution in [0.4, 0.5) is 5.69 Å². The molecule has 0 amide bonds. The number of nitrogens with zero attached hydrogens (tertiary/aromatic N) is 2. The lowest BCUT2D eigenvalue weighted by molar-refractivity contribution is 0.146. The molecule has 0 radical (unpaired) electrons. The second-order valence-electron chi connectivity index (χ2n) is 5.54. The number of benzene rings is 2. The summed E-state index contributed by atoms with van der Waals surface area (Å²) >= 11 is 6.14. The van der Waals surface area contributed by atoms with Gasteiger partial charge in [-0.05, 0) is 36.4 Å². The van der Waals surface area contributed by atoms with Gasteiger partial charge in [0, 0.05) is 7.11 Å². The third kappa shape index (κ3) is 4.79. The molecule has 0 spiro atoms. The van der Waals surface area contributed by atoms with E-state index in [1.54, 1.807) is 37.6 Å². The number of para-hydroxylation sites is 1. The molecule has 0 saturated carbocycles. The quantitative estimate of drug-likeness (QED) is 0.579. The molecule has 3 rings (SSSR count). The molecule has 7 nitrogen and oxygen atoms in total. The topological polar surface area (TPSA) is 82.4 Å². The summed E-state index contributed by atoms with van der Waals surface area (Å²) < 4.78 is 39.4. The van der Waals surface area contributed by atoms with Crippen molar-refractivity contribution in [2.45, 2.75) is 4.90 Å². The first-order chi connectivity index (χ1) is 13.0. The number of rotatable bonds is 8. The first-order valence-corrected chi connectivity index (χ1v) is 9.90. The monoisotopic (exact) mass is 407 g/mol. The fourth-order valence-corrected chi connectivity index (χ4v) is 3.57. The largest absolute Gasteiger partial charge is 0.491 e. The third-order valence-corrected chi connectivity index (χ3v) is 5.34. The Hall–Kier alpha value is -2.55. The molecule has 2 aromatic carbocycles. The molecule has 27 heavy (non-hydrogen) atoms. The van der Waals surface area contributed by atoms with Gasteiger partial charge in [-0.3, -0.25) is 4.72 Å². The van der Waals surface area contributed by atoms with Gasteiger partial charge in [0.15, 0.2) is 0 Å². The first-order valence-electron chi connectivity index (χ1n) is 8.04. The van der Waals surface area contributed by atoms with Crippen molar-refractivity contribution in [1.29, 1.82) is 0 Å². The van der Waals surface area contributed by atoms with Gasteiger partial charge in [-0.2, -0.15) is 5.10 Å².